The molecule has 1 aromatic heterocycles. The van der Waals surface area contributed by atoms with Gasteiger partial charge < -0.3 is 10.6 Å². The van der Waals surface area contributed by atoms with Gasteiger partial charge in [-0.3, -0.25) is 0 Å². The molecular weight excluding hydrogens is 268 g/mol. The number of rotatable bonds is 3. The highest BCUT2D eigenvalue weighted by atomic mass is 35.5. The number of hydrogen-bond donors (Lipinski definition) is 2. The van der Waals surface area contributed by atoms with Crippen LogP contribution in [0.4, 0.5) is 5.69 Å². The van der Waals surface area contributed by atoms with E-state index in [0.29, 0.717) is 5.92 Å². The van der Waals surface area contributed by atoms with Crippen molar-refractivity contribution in [1.82, 2.24) is 14.1 Å². The molecule has 18 heavy (non-hydrogen) atoms. The third-order valence-corrected chi connectivity index (χ3v) is 4.20. The lowest BCUT2D eigenvalue weighted by atomic mass is 10.00. The molecule has 96 valence electrons. The molecule has 2 N–H and O–H groups in total. The summed E-state index contributed by atoms with van der Waals surface area (Å²) >= 11 is 7.46. The molecule has 2 heterocycles. The first-order valence-corrected chi connectivity index (χ1v) is 7.31. The van der Waals surface area contributed by atoms with Crippen molar-refractivity contribution in [3.05, 3.63) is 17.2 Å². The molecule has 1 unspecified atom stereocenters. The molecule has 1 atom stereocenters. The quantitative estimate of drug-likeness (QED) is 0.909. The number of aromatic nitrogens is 2. The molecule has 0 bridgehead atoms. The fourth-order valence-corrected chi connectivity index (χ4v) is 3.10. The normalized spacial score (nSPS) is 20.2. The molecule has 1 fully saturated rings. The molecule has 0 radical (unpaired) electrons. The van der Waals surface area contributed by atoms with Crippen molar-refractivity contribution in [2.24, 2.45) is 5.92 Å². The fraction of sp³-hybridized carbons (Fsp3) is 0.500. The van der Waals surface area contributed by atoms with E-state index in [-0.39, 0.29) is 0 Å². The van der Waals surface area contributed by atoms with Gasteiger partial charge in [0.15, 0.2) is 0 Å². The second-order valence-corrected chi connectivity index (χ2v) is 5.58. The van der Waals surface area contributed by atoms with E-state index in [0.717, 1.165) is 41.4 Å². The summed E-state index contributed by atoms with van der Waals surface area (Å²) in [6, 6.07) is 3.79. The lowest BCUT2D eigenvalue weighted by molar-refractivity contribution is 0.393. The van der Waals surface area contributed by atoms with Crippen LogP contribution < -0.4 is 10.6 Å². The van der Waals surface area contributed by atoms with Gasteiger partial charge in [-0.25, -0.2) is 0 Å². The first-order valence-electron chi connectivity index (χ1n) is 6.20. The summed E-state index contributed by atoms with van der Waals surface area (Å²) in [5.41, 5.74) is 2.72. The Kier molecular flexibility index (Phi) is 3.63. The van der Waals surface area contributed by atoms with Gasteiger partial charge in [-0.1, -0.05) is 11.6 Å². The SMILES string of the molecule is Clc1ccc2nsnc2c1NCC1CCCNC1. The Labute approximate surface area is 115 Å². The number of nitrogens with one attached hydrogen (secondary N) is 2. The highest BCUT2D eigenvalue weighted by Crippen LogP contribution is 2.30. The van der Waals surface area contributed by atoms with Gasteiger partial charge >= 0.3 is 0 Å². The Morgan fingerprint density at radius 3 is 3.22 bits per heavy atom. The Morgan fingerprint density at radius 2 is 2.39 bits per heavy atom. The minimum atomic E-state index is 0.664. The first kappa shape index (κ1) is 12.1. The molecule has 0 saturated carbocycles. The van der Waals surface area contributed by atoms with E-state index >= 15 is 0 Å². The molecule has 1 aliphatic heterocycles. The summed E-state index contributed by atoms with van der Waals surface area (Å²) in [7, 11) is 0. The Balaban J connectivity index is 1.76. The van der Waals surface area contributed by atoms with Gasteiger partial charge in [0.2, 0.25) is 0 Å². The molecule has 6 heteroatoms. The molecule has 0 spiro atoms. The summed E-state index contributed by atoms with van der Waals surface area (Å²) < 4.78 is 8.55. The third kappa shape index (κ3) is 2.43. The maximum atomic E-state index is 6.24. The van der Waals surface area contributed by atoms with Crippen LogP contribution in [0.5, 0.6) is 0 Å². The van der Waals surface area contributed by atoms with Crippen molar-refractivity contribution in [3.8, 4) is 0 Å². The van der Waals surface area contributed by atoms with Gasteiger partial charge in [-0.15, -0.1) is 0 Å². The zero-order valence-electron chi connectivity index (χ0n) is 9.95. The molecule has 1 saturated heterocycles. The minimum Gasteiger partial charge on any atom is -0.382 e. The third-order valence-electron chi connectivity index (χ3n) is 3.34. The zero-order chi connectivity index (χ0) is 12.4. The average Bonchev–Trinajstić information content (AvgIpc) is 2.87. The van der Waals surface area contributed by atoms with Crippen LogP contribution in [0, 0.1) is 5.92 Å². The van der Waals surface area contributed by atoms with Crippen LogP contribution in [0.1, 0.15) is 12.8 Å². The lowest BCUT2D eigenvalue weighted by Crippen LogP contribution is -2.33. The predicted octanol–water partition coefficient (Wildman–Crippen LogP) is 2.76. The predicted molar refractivity (Wildman–Crippen MR) is 76.5 cm³/mol. The number of hydrogen-bond acceptors (Lipinski definition) is 5. The summed E-state index contributed by atoms with van der Waals surface area (Å²) in [4.78, 5) is 0. The van der Waals surface area contributed by atoms with Crippen molar-refractivity contribution in [2.45, 2.75) is 12.8 Å². The smallest absolute Gasteiger partial charge is 0.129 e. The largest absolute Gasteiger partial charge is 0.382 e. The summed E-state index contributed by atoms with van der Waals surface area (Å²) in [6.45, 7) is 3.15. The standard InChI is InChI=1S/C12H15ClN4S/c13-9-3-4-10-12(17-18-16-10)11(9)15-7-8-2-1-5-14-6-8/h3-4,8,14-15H,1-2,5-7H2. The summed E-state index contributed by atoms with van der Waals surface area (Å²) in [5, 5.41) is 7.58. The van der Waals surface area contributed by atoms with Gasteiger partial charge in [-0.2, -0.15) is 8.75 Å². The topological polar surface area (TPSA) is 49.8 Å². The molecule has 0 aliphatic carbocycles. The number of halogens is 1. The molecule has 3 rings (SSSR count). The zero-order valence-corrected chi connectivity index (χ0v) is 11.5. The Bertz CT molecular complexity index is 536. The number of fused-ring (bicyclic) bond motifs is 1. The number of anilines is 1. The molecule has 4 nitrogen and oxygen atoms in total. The van der Waals surface area contributed by atoms with Gasteiger partial charge in [-0.05, 0) is 44.0 Å². The Hall–Kier alpha value is -0.910. The highest BCUT2D eigenvalue weighted by molar-refractivity contribution is 7.00. The molecule has 1 aromatic carbocycles. The molecular formula is C12H15ClN4S. The minimum absolute atomic E-state index is 0.664. The second-order valence-electron chi connectivity index (χ2n) is 4.65. The van der Waals surface area contributed by atoms with Crippen LogP contribution in [0.15, 0.2) is 12.1 Å². The van der Waals surface area contributed by atoms with E-state index in [1.54, 1.807) is 0 Å². The fourth-order valence-electron chi connectivity index (χ4n) is 2.34. The van der Waals surface area contributed by atoms with Crippen molar-refractivity contribution in [3.63, 3.8) is 0 Å². The van der Waals surface area contributed by atoms with Gasteiger partial charge in [0.25, 0.3) is 0 Å². The number of nitrogens with zero attached hydrogens (tertiary/aromatic N) is 2. The van der Waals surface area contributed by atoms with Crippen LogP contribution in [0.3, 0.4) is 0 Å². The highest BCUT2D eigenvalue weighted by Gasteiger charge is 2.15. The first-order chi connectivity index (χ1) is 8.84. The molecule has 1 aliphatic rings. The van der Waals surface area contributed by atoms with Crippen LogP contribution >= 0.6 is 23.3 Å². The maximum Gasteiger partial charge on any atom is 0.129 e. The van der Waals surface area contributed by atoms with E-state index in [1.165, 1.54) is 24.6 Å². The van der Waals surface area contributed by atoms with E-state index in [4.69, 9.17) is 11.6 Å². The van der Waals surface area contributed by atoms with Crippen LogP contribution in [-0.2, 0) is 0 Å². The lowest BCUT2D eigenvalue weighted by Gasteiger charge is -2.23. The van der Waals surface area contributed by atoms with Crippen LogP contribution in [0.25, 0.3) is 11.0 Å². The van der Waals surface area contributed by atoms with E-state index in [9.17, 15) is 0 Å². The van der Waals surface area contributed by atoms with Crippen LogP contribution in [0.2, 0.25) is 5.02 Å². The van der Waals surface area contributed by atoms with Gasteiger partial charge in [0.1, 0.15) is 11.0 Å². The monoisotopic (exact) mass is 282 g/mol. The van der Waals surface area contributed by atoms with Crippen molar-refractivity contribution in [1.29, 1.82) is 0 Å². The van der Waals surface area contributed by atoms with Gasteiger partial charge in [0.05, 0.1) is 22.4 Å². The number of piperidine rings is 1. The van der Waals surface area contributed by atoms with E-state index in [2.05, 4.69) is 19.4 Å². The molecule has 0 amide bonds. The van der Waals surface area contributed by atoms with Crippen molar-refractivity contribution >= 4 is 40.0 Å². The van der Waals surface area contributed by atoms with E-state index < -0.39 is 0 Å². The molecule has 2 aromatic rings. The van der Waals surface area contributed by atoms with E-state index in [1.807, 2.05) is 12.1 Å². The van der Waals surface area contributed by atoms with Gasteiger partial charge in [0, 0.05) is 6.54 Å². The summed E-state index contributed by atoms with van der Waals surface area (Å²) in [5.74, 6) is 0.664. The maximum absolute atomic E-state index is 6.24. The summed E-state index contributed by atoms with van der Waals surface area (Å²) in [6.07, 6.45) is 2.52. The van der Waals surface area contributed by atoms with Crippen LogP contribution in [-0.4, -0.2) is 28.4 Å². The second kappa shape index (κ2) is 5.38. The number of benzene rings is 1. The Morgan fingerprint density at radius 1 is 1.44 bits per heavy atom. The average molecular weight is 283 g/mol. The van der Waals surface area contributed by atoms with Crippen molar-refractivity contribution in [2.75, 3.05) is 25.0 Å². The van der Waals surface area contributed by atoms with Crippen molar-refractivity contribution < 1.29 is 0 Å².